The molecule has 0 aliphatic carbocycles. The molecular formula is C28H35N3O5. The number of benzene rings is 2. The average molecular weight is 494 g/mol. The lowest BCUT2D eigenvalue weighted by molar-refractivity contribution is -0.150. The Labute approximate surface area is 212 Å². The molecule has 1 amide bonds. The summed E-state index contributed by atoms with van der Waals surface area (Å²) in [5, 5.41) is 6.45. The molecule has 2 aromatic carbocycles. The summed E-state index contributed by atoms with van der Waals surface area (Å²) in [6, 6.07) is 13.5. The molecule has 2 aliphatic rings. The van der Waals surface area contributed by atoms with Crippen molar-refractivity contribution in [2.24, 2.45) is 11.0 Å². The van der Waals surface area contributed by atoms with Crippen molar-refractivity contribution in [2.75, 3.05) is 40.5 Å². The van der Waals surface area contributed by atoms with Crippen molar-refractivity contribution in [3.63, 3.8) is 0 Å². The number of hydrogen-bond donors (Lipinski definition) is 0. The molecule has 8 nitrogen and oxygen atoms in total. The van der Waals surface area contributed by atoms with Crippen LogP contribution in [0.2, 0.25) is 0 Å². The largest absolute Gasteiger partial charge is 0.497 e. The molecule has 8 heteroatoms. The first kappa shape index (κ1) is 25.7. The fourth-order valence-electron chi connectivity index (χ4n) is 5.06. The molecule has 4 rings (SSSR count). The highest BCUT2D eigenvalue weighted by atomic mass is 16.5. The van der Waals surface area contributed by atoms with E-state index in [1.807, 2.05) is 42.2 Å². The molecule has 0 saturated carbocycles. The van der Waals surface area contributed by atoms with Gasteiger partial charge in [-0.2, -0.15) is 5.10 Å². The van der Waals surface area contributed by atoms with Crippen molar-refractivity contribution in [1.82, 2.24) is 9.91 Å². The predicted octanol–water partition coefficient (Wildman–Crippen LogP) is 3.97. The van der Waals surface area contributed by atoms with Gasteiger partial charge in [0.05, 0.1) is 45.0 Å². The molecule has 192 valence electrons. The minimum atomic E-state index is -0.217. The van der Waals surface area contributed by atoms with Gasteiger partial charge in [0.1, 0.15) is 11.5 Å². The van der Waals surface area contributed by atoms with Gasteiger partial charge in [-0.3, -0.25) is 14.5 Å². The van der Waals surface area contributed by atoms with Gasteiger partial charge in [0.25, 0.3) is 5.91 Å². The van der Waals surface area contributed by atoms with Crippen LogP contribution in [0.15, 0.2) is 47.6 Å². The molecule has 2 atom stereocenters. The Balaban J connectivity index is 1.60. The summed E-state index contributed by atoms with van der Waals surface area (Å²) >= 11 is 0. The van der Waals surface area contributed by atoms with E-state index in [0.29, 0.717) is 31.1 Å². The smallest absolute Gasteiger partial charge is 0.310 e. The number of carbonyl (C=O) groups is 2. The number of carbonyl (C=O) groups excluding carboxylic acids is 2. The number of likely N-dealkylation sites (tertiary alicyclic amines) is 1. The van der Waals surface area contributed by atoms with Gasteiger partial charge in [-0.1, -0.05) is 24.3 Å². The number of piperidine rings is 1. The topological polar surface area (TPSA) is 80.7 Å². The number of esters is 1. The summed E-state index contributed by atoms with van der Waals surface area (Å²) in [6.07, 6.45) is 2.22. The quantitative estimate of drug-likeness (QED) is 0.518. The number of aryl methyl sites for hydroxylation is 1. The molecular weight excluding hydrogens is 458 g/mol. The van der Waals surface area contributed by atoms with Crippen molar-refractivity contribution in [3.05, 3.63) is 59.2 Å². The minimum absolute atomic E-state index is 0.0877. The van der Waals surface area contributed by atoms with Crippen molar-refractivity contribution in [3.8, 4) is 11.5 Å². The SMILES string of the molecule is CCOC(=O)[C@H]1CCCN(CC(=O)N2N=C(c3ccc(OC)cc3OC)C[C@H]2c2ccccc2C)C1. The zero-order chi connectivity index (χ0) is 25.7. The summed E-state index contributed by atoms with van der Waals surface area (Å²) in [7, 11) is 3.23. The number of ether oxygens (including phenoxy) is 3. The summed E-state index contributed by atoms with van der Waals surface area (Å²) < 4.78 is 16.2. The van der Waals surface area contributed by atoms with E-state index in [1.165, 1.54) is 0 Å². The fourth-order valence-corrected chi connectivity index (χ4v) is 5.06. The van der Waals surface area contributed by atoms with E-state index in [2.05, 4.69) is 19.1 Å². The van der Waals surface area contributed by atoms with E-state index in [0.717, 1.165) is 41.8 Å². The van der Waals surface area contributed by atoms with Gasteiger partial charge in [0, 0.05) is 24.6 Å². The van der Waals surface area contributed by atoms with Crippen LogP contribution in [0, 0.1) is 12.8 Å². The van der Waals surface area contributed by atoms with E-state index in [-0.39, 0.29) is 30.4 Å². The third kappa shape index (κ3) is 5.54. The third-order valence-corrected chi connectivity index (χ3v) is 6.92. The molecule has 0 aromatic heterocycles. The lowest BCUT2D eigenvalue weighted by Gasteiger charge is -2.32. The molecule has 0 N–H and O–H groups in total. The third-order valence-electron chi connectivity index (χ3n) is 6.92. The number of nitrogens with zero attached hydrogens (tertiary/aromatic N) is 3. The second-order valence-electron chi connectivity index (χ2n) is 9.25. The first-order valence-electron chi connectivity index (χ1n) is 12.5. The Bertz CT molecular complexity index is 1130. The molecule has 2 aromatic rings. The number of hydrogen-bond acceptors (Lipinski definition) is 7. The Hall–Kier alpha value is -3.39. The van der Waals surface area contributed by atoms with Crippen molar-refractivity contribution in [1.29, 1.82) is 0 Å². The van der Waals surface area contributed by atoms with Crippen LogP contribution in [-0.2, 0) is 14.3 Å². The Morgan fingerprint density at radius 3 is 2.64 bits per heavy atom. The van der Waals surface area contributed by atoms with Crippen molar-refractivity contribution < 1.29 is 23.8 Å². The van der Waals surface area contributed by atoms with Crippen LogP contribution in [0.25, 0.3) is 0 Å². The second-order valence-corrected chi connectivity index (χ2v) is 9.25. The van der Waals surface area contributed by atoms with Gasteiger partial charge in [-0.15, -0.1) is 0 Å². The van der Waals surface area contributed by atoms with Crippen LogP contribution in [0.5, 0.6) is 11.5 Å². The predicted molar refractivity (Wildman–Crippen MR) is 137 cm³/mol. The summed E-state index contributed by atoms with van der Waals surface area (Å²) in [6.45, 7) is 5.73. The summed E-state index contributed by atoms with van der Waals surface area (Å²) in [5.74, 6) is 0.883. The number of rotatable bonds is 8. The van der Waals surface area contributed by atoms with Crippen LogP contribution < -0.4 is 9.47 Å². The number of hydrazone groups is 1. The van der Waals surface area contributed by atoms with Crippen LogP contribution in [0.3, 0.4) is 0 Å². The van der Waals surface area contributed by atoms with Gasteiger partial charge < -0.3 is 14.2 Å². The van der Waals surface area contributed by atoms with E-state index in [1.54, 1.807) is 19.2 Å². The molecule has 0 spiro atoms. The maximum atomic E-state index is 13.7. The molecule has 36 heavy (non-hydrogen) atoms. The average Bonchev–Trinajstić information content (AvgIpc) is 3.34. The normalized spacial score (nSPS) is 20.1. The summed E-state index contributed by atoms with van der Waals surface area (Å²) in [5.41, 5.74) is 3.81. The lowest BCUT2D eigenvalue weighted by Crippen LogP contribution is -2.44. The number of amides is 1. The van der Waals surface area contributed by atoms with Gasteiger partial charge in [0.2, 0.25) is 0 Å². The lowest BCUT2D eigenvalue weighted by atomic mass is 9.94. The molecule has 0 radical (unpaired) electrons. The highest BCUT2D eigenvalue weighted by molar-refractivity contribution is 6.05. The maximum absolute atomic E-state index is 13.7. The van der Waals surface area contributed by atoms with Crippen molar-refractivity contribution >= 4 is 17.6 Å². The summed E-state index contributed by atoms with van der Waals surface area (Å²) in [4.78, 5) is 28.0. The van der Waals surface area contributed by atoms with Gasteiger partial charge >= 0.3 is 5.97 Å². The van der Waals surface area contributed by atoms with E-state index in [9.17, 15) is 9.59 Å². The van der Waals surface area contributed by atoms with Gasteiger partial charge in [0.15, 0.2) is 0 Å². The van der Waals surface area contributed by atoms with Gasteiger partial charge in [-0.25, -0.2) is 5.01 Å². The fraction of sp³-hybridized carbons (Fsp3) is 0.464. The standard InChI is InChI=1S/C28H35N3O5/c1-5-36-28(33)20-10-8-14-30(17-20)18-27(32)31-25(22-11-7-6-9-19(22)2)16-24(29-31)23-13-12-21(34-3)15-26(23)35-4/h6-7,9,11-13,15,20,25H,5,8,10,14,16-18H2,1-4H3/t20-,25-/m0/s1. The zero-order valence-corrected chi connectivity index (χ0v) is 21.5. The Kier molecular flexibility index (Phi) is 8.25. The molecule has 1 saturated heterocycles. The number of methoxy groups -OCH3 is 2. The second kappa shape index (κ2) is 11.6. The molecule has 2 aliphatic heterocycles. The first-order valence-corrected chi connectivity index (χ1v) is 12.5. The minimum Gasteiger partial charge on any atom is -0.497 e. The van der Waals surface area contributed by atoms with E-state index < -0.39 is 0 Å². The highest BCUT2D eigenvalue weighted by Crippen LogP contribution is 2.37. The molecule has 0 bridgehead atoms. The monoisotopic (exact) mass is 493 g/mol. The van der Waals surface area contributed by atoms with Crippen LogP contribution in [0.4, 0.5) is 0 Å². The molecule has 0 unspecified atom stereocenters. The van der Waals surface area contributed by atoms with Crippen molar-refractivity contribution in [2.45, 2.75) is 39.2 Å². The molecule has 2 heterocycles. The molecule has 1 fully saturated rings. The van der Waals surface area contributed by atoms with Gasteiger partial charge in [-0.05, 0) is 56.5 Å². The maximum Gasteiger partial charge on any atom is 0.310 e. The first-order chi connectivity index (χ1) is 17.4. The van der Waals surface area contributed by atoms with E-state index in [4.69, 9.17) is 19.3 Å². The zero-order valence-electron chi connectivity index (χ0n) is 21.5. The van der Waals surface area contributed by atoms with Crippen LogP contribution in [-0.4, -0.2) is 68.0 Å². The van der Waals surface area contributed by atoms with Crippen LogP contribution >= 0.6 is 0 Å². The highest BCUT2D eigenvalue weighted by Gasteiger charge is 2.36. The Morgan fingerprint density at radius 2 is 1.92 bits per heavy atom. The van der Waals surface area contributed by atoms with E-state index >= 15 is 0 Å². The van der Waals surface area contributed by atoms with Crippen LogP contribution in [0.1, 0.15) is 48.9 Å². The Morgan fingerprint density at radius 1 is 1.11 bits per heavy atom.